The molecular weight excluding hydrogens is 282 g/mol. The molecule has 2 rings (SSSR count). The van der Waals surface area contributed by atoms with Crippen molar-refractivity contribution in [2.45, 2.75) is 11.3 Å². The molecule has 1 N–H and O–H groups in total. The Morgan fingerprint density at radius 2 is 2.10 bits per heavy atom. The highest BCUT2D eigenvalue weighted by molar-refractivity contribution is 7.90. The van der Waals surface area contributed by atoms with Gasteiger partial charge < -0.3 is 0 Å². The van der Waals surface area contributed by atoms with Crippen LogP contribution in [0.3, 0.4) is 0 Å². The molecule has 108 valence electrons. The molecule has 0 bridgehead atoms. The fourth-order valence-electron chi connectivity index (χ4n) is 1.77. The standard InChI is InChI=1S/C12H15N3O4S/c1-15(19-2)11(16)7-8-13-12-9-5-3-4-6-10(9)20(17,18)14-12/h3-6H,7-8H2,1-2H3,(H,13,14). The number of nitrogens with zero attached hydrogens (tertiary/aromatic N) is 2. The molecule has 1 amide bonds. The van der Waals surface area contributed by atoms with Gasteiger partial charge in [0.15, 0.2) is 0 Å². The topological polar surface area (TPSA) is 88.1 Å². The lowest BCUT2D eigenvalue weighted by Gasteiger charge is -2.12. The number of benzene rings is 1. The molecule has 1 aromatic rings. The van der Waals surface area contributed by atoms with Gasteiger partial charge in [0.1, 0.15) is 5.84 Å². The summed E-state index contributed by atoms with van der Waals surface area (Å²) in [5.74, 6) is 0.0412. The summed E-state index contributed by atoms with van der Waals surface area (Å²) < 4.78 is 26.0. The van der Waals surface area contributed by atoms with Gasteiger partial charge in [-0.1, -0.05) is 12.1 Å². The minimum absolute atomic E-state index is 0.137. The molecule has 0 atom stereocenters. The van der Waals surface area contributed by atoms with Crippen molar-refractivity contribution < 1.29 is 18.0 Å². The molecule has 1 aliphatic rings. The molecule has 7 nitrogen and oxygen atoms in total. The SMILES string of the molecule is CON(C)C(=O)CCN=C1NS(=O)(=O)c2ccccc21. The number of hydroxylamine groups is 2. The van der Waals surface area contributed by atoms with E-state index in [0.29, 0.717) is 5.56 Å². The Morgan fingerprint density at radius 1 is 1.40 bits per heavy atom. The fourth-order valence-corrected chi connectivity index (χ4v) is 3.02. The van der Waals surface area contributed by atoms with E-state index in [1.54, 1.807) is 18.2 Å². The summed E-state index contributed by atoms with van der Waals surface area (Å²) in [4.78, 5) is 20.6. The number of aliphatic imine (C=N–C) groups is 1. The molecule has 20 heavy (non-hydrogen) atoms. The zero-order chi connectivity index (χ0) is 14.8. The third kappa shape index (κ3) is 2.81. The van der Waals surface area contributed by atoms with Crippen molar-refractivity contribution in [1.29, 1.82) is 0 Å². The van der Waals surface area contributed by atoms with Crippen molar-refractivity contribution in [3.8, 4) is 0 Å². The van der Waals surface area contributed by atoms with Gasteiger partial charge in [-0.3, -0.25) is 19.3 Å². The monoisotopic (exact) mass is 297 g/mol. The first-order chi connectivity index (χ1) is 9.45. The Kier molecular flexibility index (Phi) is 4.05. The van der Waals surface area contributed by atoms with Gasteiger partial charge in [-0.15, -0.1) is 0 Å². The van der Waals surface area contributed by atoms with Crippen LogP contribution >= 0.6 is 0 Å². The van der Waals surface area contributed by atoms with E-state index in [9.17, 15) is 13.2 Å². The van der Waals surface area contributed by atoms with Crippen molar-refractivity contribution in [3.63, 3.8) is 0 Å². The highest BCUT2D eigenvalue weighted by atomic mass is 32.2. The zero-order valence-electron chi connectivity index (χ0n) is 11.2. The Hall–Kier alpha value is -1.93. The van der Waals surface area contributed by atoms with Crippen LogP contribution in [0.2, 0.25) is 0 Å². The van der Waals surface area contributed by atoms with Crippen LogP contribution in [0.15, 0.2) is 34.2 Å². The zero-order valence-corrected chi connectivity index (χ0v) is 12.0. The summed E-state index contributed by atoms with van der Waals surface area (Å²) >= 11 is 0. The van der Waals surface area contributed by atoms with Crippen LogP contribution in [0.4, 0.5) is 0 Å². The first kappa shape index (κ1) is 14.5. The van der Waals surface area contributed by atoms with Crippen LogP contribution in [-0.4, -0.2) is 45.9 Å². The van der Waals surface area contributed by atoms with E-state index < -0.39 is 10.0 Å². The Bertz CT molecular complexity index is 654. The van der Waals surface area contributed by atoms with Crippen LogP contribution < -0.4 is 4.72 Å². The molecule has 1 aromatic carbocycles. The molecule has 8 heteroatoms. The average Bonchev–Trinajstić information content (AvgIpc) is 2.70. The summed E-state index contributed by atoms with van der Waals surface area (Å²) in [5.41, 5.74) is 0.528. The maximum atomic E-state index is 11.8. The molecule has 0 saturated carbocycles. The van der Waals surface area contributed by atoms with Gasteiger partial charge >= 0.3 is 0 Å². The van der Waals surface area contributed by atoms with Gasteiger partial charge in [0.05, 0.1) is 18.6 Å². The van der Waals surface area contributed by atoms with Gasteiger partial charge in [0.2, 0.25) is 5.91 Å². The number of amidine groups is 1. The first-order valence-electron chi connectivity index (χ1n) is 5.93. The van der Waals surface area contributed by atoms with Crippen LogP contribution in [-0.2, 0) is 19.7 Å². The predicted molar refractivity (Wildman–Crippen MR) is 72.6 cm³/mol. The summed E-state index contributed by atoms with van der Waals surface area (Å²) in [6.07, 6.45) is 0.137. The number of hydrogen-bond donors (Lipinski definition) is 1. The van der Waals surface area contributed by atoms with Crippen LogP contribution in [0.1, 0.15) is 12.0 Å². The van der Waals surface area contributed by atoms with E-state index in [1.807, 2.05) is 0 Å². The van der Waals surface area contributed by atoms with E-state index in [4.69, 9.17) is 4.84 Å². The van der Waals surface area contributed by atoms with Gasteiger partial charge in [-0.25, -0.2) is 13.5 Å². The lowest BCUT2D eigenvalue weighted by molar-refractivity contribution is -0.168. The number of amides is 1. The smallest absolute Gasteiger partial charge is 0.263 e. The van der Waals surface area contributed by atoms with E-state index in [0.717, 1.165) is 5.06 Å². The molecule has 0 spiro atoms. The van der Waals surface area contributed by atoms with E-state index in [-0.39, 0.29) is 29.6 Å². The molecule has 0 radical (unpaired) electrons. The van der Waals surface area contributed by atoms with Gasteiger partial charge in [-0.05, 0) is 12.1 Å². The Morgan fingerprint density at radius 3 is 2.80 bits per heavy atom. The number of carbonyl (C=O) groups is 1. The van der Waals surface area contributed by atoms with Gasteiger partial charge in [0, 0.05) is 19.0 Å². The number of rotatable bonds is 4. The number of fused-ring (bicyclic) bond motifs is 1. The minimum Gasteiger partial charge on any atom is -0.275 e. The summed E-state index contributed by atoms with van der Waals surface area (Å²) in [6.45, 7) is 0.179. The predicted octanol–water partition coefficient (Wildman–Crippen LogP) is 0.135. The van der Waals surface area contributed by atoms with Crippen molar-refractivity contribution >= 4 is 21.8 Å². The minimum atomic E-state index is -3.53. The van der Waals surface area contributed by atoms with Crippen molar-refractivity contribution in [2.24, 2.45) is 4.99 Å². The Labute approximate surface area is 117 Å². The molecule has 0 aromatic heterocycles. The lowest BCUT2D eigenvalue weighted by Crippen LogP contribution is -2.26. The second-order valence-electron chi connectivity index (χ2n) is 4.16. The second-order valence-corrected chi connectivity index (χ2v) is 5.81. The summed E-state index contributed by atoms with van der Waals surface area (Å²) in [7, 11) is -0.630. The highest BCUT2D eigenvalue weighted by Crippen LogP contribution is 2.22. The van der Waals surface area contributed by atoms with Crippen molar-refractivity contribution in [3.05, 3.63) is 29.8 Å². The maximum absolute atomic E-state index is 11.8. The number of sulfonamides is 1. The number of carbonyl (C=O) groups excluding carboxylic acids is 1. The number of hydrogen-bond acceptors (Lipinski definition) is 5. The molecule has 0 fully saturated rings. The van der Waals surface area contributed by atoms with Gasteiger partial charge in [0.25, 0.3) is 10.0 Å². The Balaban J connectivity index is 2.12. The fraction of sp³-hybridized carbons (Fsp3) is 0.333. The third-order valence-corrected chi connectivity index (χ3v) is 4.28. The normalized spacial score (nSPS) is 17.6. The molecule has 1 heterocycles. The summed E-state index contributed by atoms with van der Waals surface area (Å²) in [5, 5.41) is 1.10. The van der Waals surface area contributed by atoms with E-state index in [1.165, 1.54) is 20.2 Å². The van der Waals surface area contributed by atoms with Gasteiger partial charge in [-0.2, -0.15) is 0 Å². The lowest BCUT2D eigenvalue weighted by atomic mass is 10.2. The van der Waals surface area contributed by atoms with E-state index in [2.05, 4.69) is 9.71 Å². The number of nitrogens with one attached hydrogen (secondary N) is 1. The van der Waals surface area contributed by atoms with Crippen LogP contribution in [0, 0.1) is 0 Å². The molecule has 0 aliphatic carbocycles. The second kappa shape index (κ2) is 5.59. The average molecular weight is 297 g/mol. The largest absolute Gasteiger partial charge is 0.275 e. The molecule has 0 saturated heterocycles. The maximum Gasteiger partial charge on any atom is 0.263 e. The summed E-state index contributed by atoms with van der Waals surface area (Å²) in [6, 6.07) is 6.58. The molecule has 1 aliphatic heterocycles. The highest BCUT2D eigenvalue weighted by Gasteiger charge is 2.29. The third-order valence-electron chi connectivity index (χ3n) is 2.88. The van der Waals surface area contributed by atoms with Crippen LogP contribution in [0.5, 0.6) is 0 Å². The van der Waals surface area contributed by atoms with E-state index >= 15 is 0 Å². The van der Waals surface area contributed by atoms with Crippen molar-refractivity contribution in [2.75, 3.05) is 20.7 Å². The van der Waals surface area contributed by atoms with Crippen molar-refractivity contribution in [1.82, 2.24) is 9.79 Å². The quantitative estimate of drug-likeness (QED) is 0.800. The molecule has 0 unspecified atom stereocenters. The van der Waals surface area contributed by atoms with Crippen LogP contribution in [0.25, 0.3) is 0 Å². The molecular formula is C12H15N3O4S. The first-order valence-corrected chi connectivity index (χ1v) is 7.41.